The molecule has 0 aliphatic carbocycles. The Balaban J connectivity index is 2.85. The summed E-state index contributed by atoms with van der Waals surface area (Å²) < 4.78 is 0. The van der Waals surface area contributed by atoms with E-state index in [0.717, 1.165) is 19.3 Å². The third-order valence-electron chi connectivity index (χ3n) is 2.80. The van der Waals surface area contributed by atoms with E-state index in [9.17, 15) is 9.90 Å². The van der Waals surface area contributed by atoms with Gasteiger partial charge in [0.25, 0.3) is 5.91 Å². The Kier molecular flexibility index (Phi) is 4.50. The molecule has 0 spiro atoms. The van der Waals surface area contributed by atoms with Crippen LogP contribution in [-0.2, 0) is 10.4 Å². The molecule has 1 aromatic rings. The minimum Gasteiger partial charge on any atom is -0.375 e. The lowest BCUT2D eigenvalue weighted by molar-refractivity contribution is -0.138. The Morgan fingerprint density at radius 2 is 1.94 bits per heavy atom. The van der Waals surface area contributed by atoms with Gasteiger partial charge in [0.05, 0.1) is 0 Å². The van der Waals surface area contributed by atoms with Crippen LogP contribution < -0.4 is 5.73 Å². The fourth-order valence-corrected chi connectivity index (χ4v) is 1.75. The smallest absolute Gasteiger partial charge is 0.254 e. The van der Waals surface area contributed by atoms with E-state index >= 15 is 0 Å². The lowest BCUT2D eigenvalue weighted by Crippen LogP contribution is -2.41. The molecule has 3 N–H and O–H groups in total. The second-order valence-electron chi connectivity index (χ2n) is 4.05. The molecule has 3 nitrogen and oxygen atoms in total. The van der Waals surface area contributed by atoms with Gasteiger partial charge in [0.15, 0.2) is 5.60 Å². The zero-order valence-corrected chi connectivity index (χ0v) is 9.65. The van der Waals surface area contributed by atoms with Gasteiger partial charge in [0.1, 0.15) is 0 Å². The van der Waals surface area contributed by atoms with Crippen molar-refractivity contribution in [2.75, 3.05) is 0 Å². The van der Waals surface area contributed by atoms with Crippen LogP contribution in [0.2, 0.25) is 0 Å². The minimum absolute atomic E-state index is 0.389. The van der Waals surface area contributed by atoms with Crippen LogP contribution in [0.15, 0.2) is 30.3 Å². The van der Waals surface area contributed by atoms with Gasteiger partial charge in [-0.05, 0) is 18.4 Å². The van der Waals surface area contributed by atoms with Crippen molar-refractivity contribution < 1.29 is 9.90 Å². The third-order valence-corrected chi connectivity index (χ3v) is 2.80. The Bertz CT molecular complexity index is 337. The fraction of sp³-hybridized carbons (Fsp3) is 0.462. The van der Waals surface area contributed by atoms with E-state index in [0.29, 0.717) is 12.0 Å². The Hall–Kier alpha value is -1.35. The molecule has 0 aromatic heterocycles. The van der Waals surface area contributed by atoms with Crippen LogP contribution in [0, 0.1) is 0 Å². The van der Waals surface area contributed by atoms with Crippen molar-refractivity contribution in [3.05, 3.63) is 35.9 Å². The van der Waals surface area contributed by atoms with Crippen molar-refractivity contribution in [1.82, 2.24) is 0 Å². The van der Waals surface area contributed by atoms with Crippen LogP contribution in [-0.4, -0.2) is 11.0 Å². The summed E-state index contributed by atoms with van der Waals surface area (Å²) in [5.74, 6) is -0.671. The average molecular weight is 221 g/mol. The zero-order valence-electron chi connectivity index (χ0n) is 9.65. The van der Waals surface area contributed by atoms with Gasteiger partial charge in [-0.1, -0.05) is 50.1 Å². The molecular weight excluding hydrogens is 202 g/mol. The van der Waals surface area contributed by atoms with Crippen LogP contribution in [0.1, 0.15) is 38.2 Å². The van der Waals surface area contributed by atoms with Gasteiger partial charge in [0, 0.05) is 0 Å². The SMILES string of the molecule is CCCCC[C@@](O)(C(N)=O)c1ccccc1. The molecule has 16 heavy (non-hydrogen) atoms. The van der Waals surface area contributed by atoms with Crippen LogP contribution in [0.4, 0.5) is 0 Å². The highest BCUT2D eigenvalue weighted by Gasteiger charge is 2.34. The lowest BCUT2D eigenvalue weighted by Gasteiger charge is -2.25. The molecule has 1 rings (SSSR count). The lowest BCUT2D eigenvalue weighted by atomic mass is 9.88. The number of hydrogen-bond acceptors (Lipinski definition) is 2. The maximum Gasteiger partial charge on any atom is 0.254 e. The first-order valence-corrected chi connectivity index (χ1v) is 5.69. The van der Waals surface area contributed by atoms with Gasteiger partial charge in [-0.25, -0.2) is 0 Å². The molecule has 1 aromatic carbocycles. The van der Waals surface area contributed by atoms with Gasteiger partial charge >= 0.3 is 0 Å². The van der Waals surface area contributed by atoms with Crippen molar-refractivity contribution in [1.29, 1.82) is 0 Å². The number of aliphatic hydroxyl groups is 1. The Morgan fingerprint density at radius 1 is 1.31 bits per heavy atom. The molecular formula is C13H19NO2. The highest BCUT2D eigenvalue weighted by Crippen LogP contribution is 2.26. The highest BCUT2D eigenvalue weighted by atomic mass is 16.3. The molecule has 0 saturated carbocycles. The molecule has 1 atom stereocenters. The van der Waals surface area contributed by atoms with Crippen LogP contribution >= 0.6 is 0 Å². The highest BCUT2D eigenvalue weighted by molar-refractivity contribution is 5.84. The zero-order chi connectivity index (χ0) is 12.0. The van der Waals surface area contributed by atoms with Crippen LogP contribution in [0.25, 0.3) is 0 Å². The second kappa shape index (κ2) is 5.66. The third kappa shape index (κ3) is 2.83. The van der Waals surface area contributed by atoms with E-state index in [-0.39, 0.29) is 0 Å². The van der Waals surface area contributed by atoms with Gasteiger partial charge in [-0.15, -0.1) is 0 Å². The Labute approximate surface area is 96.3 Å². The molecule has 0 aliphatic heterocycles. The number of nitrogens with two attached hydrogens (primary N) is 1. The first-order valence-electron chi connectivity index (χ1n) is 5.69. The summed E-state index contributed by atoms with van der Waals surface area (Å²) in [6.07, 6.45) is 3.22. The average Bonchev–Trinajstić information content (AvgIpc) is 2.30. The molecule has 0 aliphatic rings. The number of hydrogen-bond donors (Lipinski definition) is 2. The van der Waals surface area contributed by atoms with Crippen molar-refractivity contribution in [3.8, 4) is 0 Å². The topological polar surface area (TPSA) is 63.3 Å². The van der Waals surface area contributed by atoms with E-state index in [1.54, 1.807) is 24.3 Å². The monoisotopic (exact) mass is 221 g/mol. The molecule has 0 fully saturated rings. The van der Waals surface area contributed by atoms with Crippen molar-refractivity contribution >= 4 is 5.91 Å². The number of rotatable bonds is 6. The molecule has 0 unspecified atom stereocenters. The first-order chi connectivity index (χ1) is 7.61. The molecule has 0 radical (unpaired) electrons. The normalized spacial score (nSPS) is 14.4. The van der Waals surface area contributed by atoms with Gasteiger partial charge < -0.3 is 10.8 Å². The second-order valence-corrected chi connectivity index (χ2v) is 4.05. The van der Waals surface area contributed by atoms with Gasteiger partial charge in [-0.2, -0.15) is 0 Å². The first kappa shape index (κ1) is 12.7. The summed E-state index contributed by atoms with van der Waals surface area (Å²) >= 11 is 0. The Morgan fingerprint density at radius 3 is 2.44 bits per heavy atom. The summed E-state index contributed by atoms with van der Waals surface area (Å²) in [5.41, 5.74) is 4.36. The van der Waals surface area contributed by atoms with E-state index in [4.69, 9.17) is 5.73 Å². The number of carbonyl (C=O) groups is 1. The molecule has 0 heterocycles. The quantitative estimate of drug-likeness (QED) is 0.721. The van der Waals surface area contributed by atoms with E-state index < -0.39 is 11.5 Å². The summed E-state index contributed by atoms with van der Waals surface area (Å²) in [5, 5.41) is 10.3. The number of carbonyl (C=O) groups excluding carboxylic acids is 1. The van der Waals surface area contributed by atoms with E-state index in [2.05, 4.69) is 6.92 Å². The summed E-state index contributed by atoms with van der Waals surface area (Å²) in [7, 11) is 0. The van der Waals surface area contributed by atoms with Gasteiger partial charge in [-0.3, -0.25) is 4.79 Å². The largest absolute Gasteiger partial charge is 0.375 e. The van der Waals surface area contributed by atoms with Crippen LogP contribution in [0.5, 0.6) is 0 Å². The summed E-state index contributed by atoms with van der Waals surface area (Å²) in [6.45, 7) is 2.08. The molecule has 88 valence electrons. The maximum absolute atomic E-state index is 11.4. The number of benzene rings is 1. The molecule has 3 heteroatoms. The van der Waals surface area contributed by atoms with E-state index in [1.165, 1.54) is 0 Å². The predicted molar refractivity (Wildman–Crippen MR) is 63.7 cm³/mol. The summed E-state index contributed by atoms with van der Waals surface area (Å²) in [6, 6.07) is 8.90. The van der Waals surface area contributed by atoms with E-state index in [1.807, 2.05) is 6.07 Å². The van der Waals surface area contributed by atoms with Crippen molar-refractivity contribution in [3.63, 3.8) is 0 Å². The summed E-state index contributed by atoms with van der Waals surface area (Å²) in [4.78, 5) is 11.4. The predicted octanol–water partition coefficient (Wildman–Crippen LogP) is 1.94. The standard InChI is InChI=1S/C13H19NO2/c1-2-3-7-10-13(16,12(14)15)11-8-5-4-6-9-11/h4-6,8-9,16H,2-3,7,10H2,1H3,(H2,14,15)/t13-/m0/s1. The number of primary amides is 1. The van der Waals surface area contributed by atoms with Crippen molar-refractivity contribution in [2.45, 2.75) is 38.2 Å². The number of amides is 1. The molecule has 0 bridgehead atoms. The molecule has 1 amide bonds. The van der Waals surface area contributed by atoms with Gasteiger partial charge in [0.2, 0.25) is 0 Å². The minimum atomic E-state index is -1.52. The maximum atomic E-state index is 11.4. The van der Waals surface area contributed by atoms with Crippen LogP contribution in [0.3, 0.4) is 0 Å². The molecule has 0 saturated heterocycles. The fourth-order valence-electron chi connectivity index (χ4n) is 1.75. The van der Waals surface area contributed by atoms with Crippen molar-refractivity contribution in [2.24, 2.45) is 5.73 Å². The number of unbranched alkanes of at least 4 members (excludes halogenated alkanes) is 2.